The highest BCUT2D eigenvalue weighted by atomic mass is 35.5. The zero-order valence-corrected chi connectivity index (χ0v) is 9.28. The fourth-order valence-corrected chi connectivity index (χ4v) is 1.35. The normalized spacial score (nSPS) is 9.57. The largest absolute Gasteiger partial charge is 0.317 e. The molecule has 0 heterocycles. The second-order valence-corrected chi connectivity index (χ2v) is 3.59. The summed E-state index contributed by atoms with van der Waals surface area (Å²) < 4.78 is 0. The maximum Gasteiger partial charge on any atom is 0.224 e. The van der Waals surface area contributed by atoms with Crippen LogP contribution in [0.2, 0.25) is 5.02 Å². The lowest BCUT2D eigenvalue weighted by Crippen LogP contribution is -2.28. The summed E-state index contributed by atoms with van der Waals surface area (Å²) in [6.45, 7) is 1.77. The van der Waals surface area contributed by atoms with Crippen LogP contribution in [0.15, 0.2) is 24.3 Å². The van der Waals surface area contributed by atoms with Gasteiger partial charge in [-0.1, -0.05) is 42.9 Å². The summed E-state index contributed by atoms with van der Waals surface area (Å²) >= 11 is 10.8. The van der Waals surface area contributed by atoms with Crippen molar-refractivity contribution in [2.45, 2.75) is 13.3 Å². The van der Waals surface area contributed by atoms with E-state index in [1.807, 2.05) is 6.07 Å². The monoisotopic (exact) mass is 227 g/mol. The summed E-state index contributed by atoms with van der Waals surface area (Å²) in [6.07, 6.45) is 0.417. The SMILES string of the molecule is CCC(=O)NC(=S)c1cccc(Cl)c1. The lowest BCUT2D eigenvalue weighted by Gasteiger charge is -2.05. The zero-order valence-electron chi connectivity index (χ0n) is 7.71. The summed E-state index contributed by atoms with van der Waals surface area (Å²) in [5, 5.41) is 3.21. The van der Waals surface area contributed by atoms with E-state index in [2.05, 4.69) is 5.32 Å². The van der Waals surface area contributed by atoms with E-state index in [4.69, 9.17) is 23.8 Å². The molecule has 1 N–H and O–H groups in total. The predicted octanol–water partition coefficient (Wildman–Crippen LogP) is 2.54. The molecule has 74 valence electrons. The van der Waals surface area contributed by atoms with Gasteiger partial charge in [-0.3, -0.25) is 4.79 Å². The lowest BCUT2D eigenvalue weighted by atomic mass is 10.2. The molecule has 0 aliphatic carbocycles. The second-order valence-electron chi connectivity index (χ2n) is 2.74. The Morgan fingerprint density at radius 1 is 1.57 bits per heavy atom. The van der Waals surface area contributed by atoms with Crippen molar-refractivity contribution in [2.75, 3.05) is 0 Å². The molecular weight excluding hydrogens is 218 g/mol. The fraction of sp³-hybridized carbons (Fsp3) is 0.200. The van der Waals surface area contributed by atoms with Crippen LogP contribution in [0.3, 0.4) is 0 Å². The van der Waals surface area contributed by atoms with Crippen LogP contribution in [-0.2, 0) is 4.79 Å². The van der Waals surface area contributed by atoms with Crippen LogP contribution in [-0.4, -0.2) is 10.9 Å². The van der Waals surface area contributed by atoms with Gasteiger partial charge in [0.1, 0.15) is 4.99 Å². The molecule has 1 rings (SSSR count). The van der Waals surface area contributed by atoms with Gasteiger partial charge < -0.3 is 5.32 Å². The van der Waals surface area contributed by atoms with Crippen LogP contribution in [0, 0.1) is 0 Å². The number of rotatable bonds is 2. The van der Waals surface area contributed by atoms with Gasteiger partial charge in [-0.2, -0.15) is 0 Å². The highest BCUT2D eigenvalue weighted by molar-refractivity contribution is 7.80. The molecular formula is C10H10ClNOS. The van der Waals surface area contributed by atoms with E-state index in [1.165, 1.54) is 0 Å². The van der Waals surface area contributed by atoms with Crippen molar-refractivity contribution in [3.63, 3.8) is 0 Å². The summed E-state index contributed by atoms with van der Waals surface area (Å²) in [4.78, 5) is 11.5. The molecule has 1 amide bonds. The molecule has 0 aromatic heterocycles. The first-order chi connectivity index (χ1) is 6.63. The average Bonchev–Trinajstić information content (AvgIpc) is 2.17. The van der Waals surface area contributed by atoms with E-state index in [0.717, 1.165) is 5.56 Å². The van der Waals surface area contributed by atoms with Crippen molar-refractivity contribution >= 4 is 34.7 Å². The summed E-state index contributed by atoms with van der Waals surface area (Å²) in [6, 6.07) is 7.08. The van der Waals surface area contributed by atoms with Gasteiger partial charge >= 0.3 is 0 Å². The maximum absolute atomic E-state index is 11.0. The van der Waals surface area contributed by atoms with Crippen molar-refractivity contribution in [3.05, 3.63) is 34.9 Å². The Morgan fingerprint density at radius 3 is 2.86 bits per heavy atom. The molecule has 1 aromatic carbocycles. The third-order valence-electron chi connectivity index (χ3n) is 1.66. The van der Waals surface area contributed by atoms with E-state index < -0.39 is 0 Å². The first-order valence-corrected chi connectivity index (χ1v) is 5.02. The predicted molar refractivity (Wildman–Crippen MR) is 61.6 cm³/mol. The van der Waals surface area contributed by atoms with Crippen LogP contribution in [0.5, 0.6) is 0 Å². The fourth-order valence-electron chi connectivity index (χ4n) is 0.917. The molecule has 0 radical (unpaired) electrons. The number of carbonyl (C=O) groups excluding carboxylic acids is 1. The number of halogens is 1. The number of hydrogen-bond acceptors (Lipinski definition) is 2. The van der Waals surface area contributed by atoms with Gasteiger partial charge in [0.05, 0.1) is 0 Å². The number of amides is 1. The van der Waals surface area contributed by atoms with E-state index in [1.54, 1.807) is 25.1 Å². The van der Waals surface area contributed by atoms with Crippen LogP contribution in [0.4, 0.5) is 0 Å². The lowest BCUT2D eigenvalue weighted by molar-refractivity contribution is -0.119. The molecule has 0 aliphatic rings. The van der Waals surface area contributed by atoms with Crippen LogP contribution in [0.1, 0.15) is 18.9 Å². The number of thiocarbonyl (C=S) groups is 1. The van der Waals surface area contributed by atoms with Crippen LogP contribution >= 0.6 is 23.8 Å². The van der Waals surface area contributed by atoms with Crippen molar-refractivity contribution in [1.29, 1.82) is 0 Å². The number of benzene rings is 1. The molecule has 0 saturated heterocycles. The minimum atomic E-state index is -0.0880. The average molecular weight is 228 g/mol. The van der Waals surface area contributed by atoms with Crippen molar-refractivity contribution < 1.29 is 4.79 Å². The van der Waals surface area contributed by atoms with Gasteiger partial charge in [0.15, 0.2) is 0 Å². The van der Waals surface area contributed by atoms with E-state index in [-0.39, 0.29) is 5.91 Å². The Morgan fingerprint density at radius 2 is 2.29 bits per heavy atom. The molecule has 0 aliphatic heterocycles. The minimum Gasteiger partial charge on any atom is -0.317 e. The molecule has 0 saturated carbocycles. The summed E-state index contributed by atoms with van der Waals surface area (Å²) in [5.41, 5.74) is 0.759. The Hall–Kier alpha value is -0.930. The van der Waals surface area contributed by atoms with Crippen LogP contribution in [0.25, 0.3) is 0 Å². The van der Waals surface area contributed by atoms with Crippen molar-refractivity contribution in [2.24, 2.45) is 0 Å². The maximum atomic E-state index is 11.0. The molecule has 1 aromatic rings. The van der Waals surface area contributed by atoms with Gasteiger partial charge in [0.2, 0.25) is 5.91 Å². The Labute approximate surface area is 93.3 Å². The molecule has 0 unspecified atom stereocenters. The topological polar surface area (TPSA) is 29.1 Å². The van der Waals surface area contributed by atoms with E-state index in [9.17, 15) is 4.79 Å². The molecule has 2 nitrogen and oxygen atoms in total. The van der Waals surface area contributed by atoms with Crippen molar-refractivity contribution in [1.82, 2.24) is 5.32 Å². The van der Waals surface area contributed by atoms with E-state index in [0.29, 0.717) is 16.4 Å². The third kappa shape index (κ3) is 3.09. The first kappa shape index (κ1) is 11.1. The molecule has 0 spiro atoms. The third-order valence-corrected chi connectivity index (χ3v) is 2.23. The quantitative estimate of drug-likeness (QED) is 0.787. The molecule has 0 fully saturated rings. The van der Waals surface area contributed by atoms with Gasteiger partial charge in [-0.25, -0.2) is 0 Å². The summed E-state index contributed by atoms with van der Waals surface area (Å²) in [5.74, 6) is -0.0880. The Bertz CT molecular complexity index is 365. The highest BCUT2D eigenvalue weighted by Gasteiger charge is 2.04. The standard InChI is InChI=1S/C10H10ClNOS/c1-2-9(13)12-10(14)7-4-3-5-8(11)6-7/h3-6H,2H2,1H3,(H,12,13,14). The van der Waals surface area contributed by atoms with E-state index >= 15 is 0 Å². The van der Waals surface area contributed by atoms with Crippen molar-refractivity contribution in [3.8, 4) is 0 Å². The molecule has 4 heteroatoms. The Kier molecular flexibility index (Phi) is 4.04. The van der Waals surface area contributed by atoms with Gasteiger partial charge in [-0.15, -0.1) is 0 Å². The van der Waals surface area contributed by atoms with Gasteiger partial charge in [-0.05, 0) is 12.1 Å². The first-order valence-electron chi connectivity index (χ1n) is 4.23. The Balaban J connectivity index is 2.75. The molecule has 14 heavy (non-hydrogen) atoms. The molecule has 0 atom stereocenters. The number of hydrogen-bond donors (Lipinski definition) is 1. The smallest absolute Gasteiger partial charge is 0.224 e. The van der Waals surface area contributed by atoms with Crippen LogP contribution < -0.4 is 5.32 Å². The zero-order chi connectivity index (χ0) is 10.6. The molecule has 0 bridgehead atoms. The number of nitrogens with one attached hydrogen (secondary N) is 1. The summed E-state index contributed by atoms with van der Waals surface area (Å²) in [7, 11) is 0. The second kappa shape index (κ2) is 5.08. The van der Waals surface area contributed by atoms with Gasteiger partial charge in [0, 0.05) is 17.0 Å². The number of carbonyl (C=O) groups is 1. The minimum absolute atomic E-state index is 0.0880. The highest BCUT2D eigenvalue weighted by Crippen LogP contribution is 2.10. The van der Waals surface area contributed by atoms with Gasteiger partial charge in [0.25, 0.3) is 0 Å².